The normalized spacial score (nSPS) is 19.9. The van der Waals surface area contributed by atoms with Crippen LogP contribution in [0, 0.1) is 6.92 Å². The van der Waals surface area contributed by atoms with E-state index in [1.54, 1.807) is 27.9 Å². The molecule has 37 heavy (non-hydrogen) atoms. The minimum Gasteiger partial charge on any atom is -0.378 e. The molecule has 194 valence electrons. The number of hydrogen-bond donors (Lipinski definition) is 2. The summed E-state index contributed by atoms with van der Waals surface area (Å²) in [5.41, 5.74) is 4.06. The monoisotopic (exact) mass is 501 g/mol. The van der Waals surface area contributed by atoms with Crippen LogP contribution >= 0.6 is 0 Å². The first-order valence-electron chi connectivity index (χ1n) is 13.2. The molecule has 3 atom stereocenters. The van der Waals surface area contributed by atoms with E-state index in [0.717, 1.165) is 25.1 Å². The molecule has 0 bridgehead atoms. The van der Waals surface area contributed by atoms with Gasteiger partial charge in [-0.1, -0.05) is 29.8 Å². The number of nitrogens with zero attached hydrogens (tertiary/aromatic N) is 3. The van der Waals surface area contributed by atoms with Gasteiger partial charge < -0.3 is 20.3 Å². The fourth-order valence-corrected chi connectivity index (χ4v) is 4.89. The average molecular weight is 502 g/mol. The van der Waals surface area contributed by atoms with Gasteiger partial charge in [-0.3, -0.25) is 9.59 Å². The highest BCUT2D eigenvalue weighted by atomic mass is 16.5. The predicted octanol–water partition coefficient (Wildman–Crippen LogP) is 3.06. The second-order valence-corrected chi connectivity index (χ2v) is 9.92. The van der Waals surface area contributed by atoms with Crippen molar-refractivity contribution in [1.29, 1.82) is 0 Å². The number of ether oxygens (including phenoxy) is 1. The Bertz CT molecular complexity index is 1170. The van der Waals surface area contributed by atoms with E-state index in [1.165, 1.54) is 11.1 Å². The van der Waals surface area contributed by atoms with Crippen molar-refractivity contribution in [3.63, 3.8) is 0 Å². The summed E-state index contributed by atoms with van der Waals surface area (Å²) in [6.45, 7) is 5.10. The lowest BCUT2D eigenvalue weighted by Gasteiger charge is -2.31. The molecule has 5 rings (SSSR count). The van der Waals surface area contributed by atoms with Gasteiger partial charge in [0.1, 0.15) is 6.04 Å². The molecule has 1 aliphatic carbocycles. The molecular formula is C29H35N5O3. The zero-order valence-electron chi connectivity index (χ0n) is 21.3. The van der Waals surface area contributed by atoms with Crippen molar-refractivity contribution in [2.75, 3.05) is 32.8 Å². The SMILES string of the molecule is Cc1ccc([C@@H]2C[C@H]2NCCC[C@H](NC(=O)c2ccc(-n3cccn3)cc2)C(=O)N2CCOCC2)cc1. The van der Waals surface area contributed by atoms with Crippen molar-refractivity contribution >= 4 is 11.8 Å². The first kappa shape index (κ1) is 25.2. The molecule has 2 fully saturated rings. The number of amides is 2. The zero-order valence-corrected chi connectivity index (χ0v) is 21.3. The first-order chi connectivity index (χ1) is 18.1. The molecule has 0 radical (unpaired) electrons. The minimum atomic E-state index is -0.565. The Balaban J connectivity index is 1.16. The maximum absolute atomic E-state index is 13.3. The Hall–Kier alpha value is -3.49. The van der Waals surface area contributed by atoms with Crippen LogP contribution in [0.2, 0.25) is 0 Å². The van der Waals surface area contributed by atoms with Crippen LogP contribution in [0.4, 0.5) is 0 Å². The molecule has 8 heteroatoms. The van der Waals surface area contributed by atoms with Crippen LogP contribution in [-0.2, 0) is 9.53 Å². The highest BCUT2D eigenvalue weighted by Gasteiger charge is 2.37. The number of hydrogen-bond acceptors (Lipinski definition) is 5. The Labute approximate surface area is 218 Å². The topological polar surface area (TPSA) is 88.5 Å². The third kappa shape index (κ3) is 6.45. The molecule has 2 amide bonds. The summed E-state index contributed by atoms with van der Waals surface area (Å²) in [5.74, 6) is 0.290. The van der Waals surface area contributed by atoms with E-state index in [0.29, 0.717) is 50.2 Å². The molecule has 1 saturated carbocycles. The van der Waals surface area contributed by atoms with Crippen molar-refractivity contribution in [3.05, 3.63) is 83.7 Å². The summed E-state index contributed by atoms with van der Waals surface area (Å²) in [5, 5.41) is 10.9. The minimum absolute atomic E-state index is 0.0336. The van der Waals surface area contributed by atoms with Gasteiger partial charge in [0, 0.05) is 43.0 Å². The molecule has 2 aliphatic rings. The Kier molecular flexibility index (Phi) is 7.96. The van der Waals surface area contributed by atoms with Crippen molar-refractivity contribution in [3.8, 4) is 5.69 Å². The van der Waals surface area contributed by atoms with Gasteiger partial charge in [-0.25, -0.2) is 4.68 Å². The summed E-state index contributed by atoms with van der Waals surface area (Å²) < 4.78 is 7.15. The van der Waals surface area contributed by atoms with Crippen LogP contribution in [0.15, 0.2) is 67.0 Å². The van der Waals surface area contributed by atoms with Crippen LogP contribution in [-0.4, -0.2) is 71.4 Å². The van der Waals surface area contributed by atoms with Gasteiger partial charge in [0.25, 0.3) is 5.91 Å². The van der Waals surface area contributed by atoms with Gasteiger partial charge in [0.05, 0.1) is 18.9 Å². The highest BCUT2D eigenvalue weighted by molar-refractivity contribution is 5.97. The van der Waals surface area contributed by atoms with Gasteiger partial charge in [-0.15, -0.1) is 0 Å². The molecule has 1 aliphatic heterocycles. The van der Waals surface area contributed by atoms with Crippen molar-refractivity contribution in [2.45, 2.75) is 44.2 Å². The molecule has 2 heterocycles. The Morgan fingerprint density at radius 1 is 1.08 bits per heavy atom. The molecule has 2 aromatic carbocycles. The fraction of sp³-hybridized carbons (Fsp3) is 0.414. The van der Waals surface area contributed by atoms with Gasteiger partial charge in [-0.2, -0.15) is 5.10 Å². The number of rotatable bonds is 10. The van der Waals surface area contributed by atoms with Crippen LogP contribution < -0.4 is 10.6 Å². The number of carbonyl (C=O) groups is 2. The third-order valence-electron chi connectivity index (χ3n) is 7.20. The smallest absolute Gasteiger partial charge is 0.251 e. The zero-order chi connectivity index (χ0) is 25.6. The van der Waals surface area contributed by atoms with E-state index in [1.807, 2.05) is 24.4 Å². The quantitative estimate of drug-likeness (QED) is 0.417. The lowest BCUT2D eigenvalue weighted by atomic mass is 10.1. The Morgan fingerprint density at radius 2 is 1.84 bits per heavy atom. The predicted molar refractivity (Wildman–Crippen MR) is 142 cm³/mol. The van der Waals surface area contributed by atoms with Gasteiger partial charge in [0.15, 0.2) is 0 Å². The van der Waals surface area contributed by atoms with E-state index in [-0.39, 0.29) is 11.8 Å². The van der Waals surface area contributed by atoms with Crippen molar-refractivity contribution in [2.24, 2.45) is 0 Å². The van der Waals surface area contributed by atoms with E-state index >= 15 is 0 Å². The Morgan fingerprint density at radius 3 is 2.54 bits per heavy atom. The van der Waals surface area contributed by atoms with Crippen LogP contribution in [0.1, 0.15) is 46.7 Å². The second kappa shape index (κ2) is 11.7. The molecule has 1 saturated heterocycles. The van der Waals surface area contributed by atoms with Crippen LogP contribution in [0.25, 0.3) is 5.69 Å². The van der Waals surface area contributed by atoms with Gasteiger partial charge in [0.2, 0.25) is 5.91 Å². The van der Waals surface area contributed by atoms with E-state index < -0.39 is 6.04 Å². The maximum atomic E-state index is 13.3. The molecule has 8 nitrogen and oxygen atoms in total. The van der Waals surface area contributed by atoms with Gasteiger partial charge in [-0.05, 0) is 68.6 Å². The summed E-state index contributed by atoms with van der Waals surface area (Å²) in [6, 6.07) is 17.8. The summed E-state index contributed by atoms with van der Waals surface area (Å²) in [7, 11) is 0. The maximum Gasteiger partial charge on any atom is 0.251 e. The van der Waals surface area contributed by atoms with E-state index in [9.17, 15) is 9.59 Å². The number of aryl methyl sites for hydroxylation is 1. The van der Waals surface area contributed by atoms with E-state index in [4.69, 9.17) is 4.74 Å². The van der Waals surface area contributed by atoms with Crippen LogP contribution in [0.3, 0.4) is 0 Å². The van der Waals surface area contributed by atoms with Crippen molar-refractivity contribution in [1.82, 2.24) is 25.3 Å². The van der Waals surface area contributed by atoms with E-state index in [2.05, 4.69) is 46.9 Å². The molecular weight excluding hydrogens is 466 g/mol. The summed E-state index contributed by atoms with van der Waals surface area (Å²) in [4.78, 5) is 28.2. The first-order valence-corrected chi connectivity index (χ1v) is 13.2. The molecule has 1 aromatic heterocycles. The number of benzene rings is 2. The number of aromatic nitrogens is 2. The molecule has 0 unspecified atom stereocenters. The third-order valence-corrected chi connectivity index (χ3v) is 7.20. The summed E-state index contributed by atoms with van der Waals surface area (Å²) >= 11 is 0. The highest BCUT2D eigenvalue weighted by Crippen LogP contribution is 2.40. The number of nitrogens with one attached hydrogen (secondary N) is 2. The van der Waals surface area contributed by atoms with Crippen molar-refractivity contribution < 1.29 is 14.3 Å². The largest absolute Gasteiger partial charge is 0.378 e. The lowest BCUT2D eigenvalue weighted by Crippen LogP contribution is -2.52. The lowest BCUT2D eigenvalue weighted by molar-refractivity contribution is -0.137. The second-order valence-electron chi connectivity index (χ2n) is 9.92. The fourth-order valence-electron chi connectivity index (χ4n) is 4.89. The van der Waals surface area contributed by atoms with Crippen LogP contribution in [0.5, 0.6) is 0 Å². The number of carbonyl (C=O) groups excluding carboxylic acids is 2. The molecule has 0 spiro atoms. The molecule has 3 aromatic rings. The molecule has 2 N–H and O–H groups in total. The summed E-state index contributed by atoms with van der Waals surface area (Å²) in [6.07, 6.45) is 6.09. The standard InChI is InChI=1S/C29H35N5O3/c1-21-5-7-22(8-6-21)25-20-27(25)30-13-2-4-26(29(36)33-16-18-37-19-17-33)32-28(35)23-9-11-24(12-10-23)34-15-3-14-31-34/h3,5-12,14-15,25-27,30H,2,4,13,16-20H2,1H3,(H,32,35)/t25-,26-,27+/m0/s1. The number of morpholine rings is 1. The van der Waals surface area contributed by atoms with Gasteiger partial charge >= 0.3 is 0 Å². The average Bonchev–Trinajstić information content (AvgIpc) is 3.49.